The van der Waals surface area contributed by atoms with Crippen molar-refractivity contribution in [3.8, 4) is 0 Å². The summed E-state index contributed by atoms with van der Waals surface area (Å²) in [7, 11) is 2.14. The Bertz CT molecular complexity index is 323. The van der Waals surface area contributed by atoms with Crippen molar-refractivity contribution in [2.75, 3.05) is 37.3 Å². The highest BCUT2D eigenvalue weighted by atomic mass is 15.3. The van der Waals surface area contributed by atoms with Crippen LogP contribution in [-0.4, -0.2) is 47.6 Å². The fraction of sp³-hybridized carbons (Fsp3) is 0.600. The molecule has 0 saturated carbocycles. The first-order valence-electron chi connectivity index (χ1n) is 5.19. The van der Waals surface area contributed by atoms with Gasteiger partial charge in [-0.1, -0.05) is 0 Å². The van der Waals surface area contributed by atoms with Crippen molar-refractivity contribution >= 4 is 11.6 Å². The Hall–Kier alpha value is -1.36. The summed E-state index contributed by atoms with van der Waals surface area (Å²) in [4.78, 5) is 13.0. The SMILES string of the molecule is CC1CN(C)CCN1c1ncc(N)cn1. The maximum Gasteiger partial charge on any atom is 0.225 e. The average Bonchev–Trinajstić information content (AvgIpc) is 2.20. The molecule has 0 amide bonds. The molecule has 1 aromatic rings. The van der Waals surface area contributed by atoms with E-state index >= 15 is 0 Å². The molecule has 0 aliphatic carbocycles. The average molecular weight is 207 g/mol. The van der Waals surface area contributed by atoms with Gasteiger partial charge in [-0.25, -0.2) is 9.97 Å². The van der Waals surface area contributed by atoms with Gasteiger partial charge in [-0.2, -0.15) is 0 Å². The molecule has 5 heteroatoms. The molecule has 0 bridgehead atoms. The number of nitrogens with two attached hydrogens (primary N) is 1. The zero-order valence-electron chi connectivity index (χ0n) is 9.22. The summed E-state index contributed by atoms with van der Waals surface area (Å²) in [6.45, 7) is 5.27. The summed E-state index contributed by atoms with van der Waals surface area (Å²) in [5.74, 6) is 0.782. The van der Waals surface area contributed by atoms with Crippen LogP contribution in [0.15, 0.2) is 12.4 Å². The van der Waals surface area contributed by atoms with Gasteiger partial charge in [-0.15, -0.1) is 0 Å². The van der Waals surface area contributed by atoms with E-state index in [1.54, 1.807) is 12.4 Å². The Morgan fingerprint density at radius 1 is 1.33 bits per heavy atom. The highest BCUT2D eigenvalue weighted by molar-refractivity contribution is 5.39. The first-order chi connectivity index (χ1) is 7.16. The van der Waals surface area contributed by atoms with Gasteiger partial charge in [0.2, 0.25) is 5.95 Å². The maximum atomic E-state index is 5.56. The zero-order valence-corrected chi connectivity index (χ0v) is 9.22. The van der Waals surface area contributed by atoms with Crippen molar-refractivity contribution in [2.45, 2.75) is 13.0 Å². The van der Waals surface area contributed by atoms with Crippen LogP contribution in [0.2, 0.25) is 0 Å². The van der Waals surface area contributed by atoms with Crippen molar-refractivity contribution in [1.29, 1.82) is 0 Å². The van der Waals surface area contributed by atoms with E-state index in [1.165, 1.54) is 0 Å². The molecule has 2 N–H and O–H groups in total. The Morgan fingerprint density at radius 3 is 2.60 bits per heavy atom. The number of hydrogen-bond donors (Lipinski definition) is 1. The normalized spacial score (nSPS) is 23.1. The number of hydrogen-bond acceptors (Lipinski definition) is 5. The van der Waals surface area contributed by atoms with Crippen molar-refractivity contribution in [1.82, 2.24) is 14.9 Å². The molecular weight excluding hydrogens is 190 g/mol. The molecule has 2 rings (SSSR count). The van der Waals surface area contributed by atoms with Gasteiger partial charge < -0.3 is 15.5 Å². The number of anilines is 2. The molecule has 0 spiro atoms. The Labute approximate surface area is 89.9 Å². The third kappa shape index (κ3) is 2.18. The third-order valence-corrected chi connectivity index (χ3v) is 2.75. The van der Waals surface area contributed by atoms with Gasteiger partial charge in [0.25, 0.3) is 0 Å². The van der Waals surface area contributed by atoms with E-state index in [4.69, 9.17) is 5.73 Å². The van der Waals surface area contributed by atoms with Gasteiger partial charge in [-0.05, 0) is 14.0 Å². The van der Waals surface area contributed by atoms with Crippen LogP contribution in [0.5, 0.6) is 0 Å². The Balaban J connectivity index is 2.13. The minimum Gasteiger partial charge on any atom is -0.396 e. The largest absolute Gasteiger partial charge is 0.396 e. The number of piperazine rings is 1. The van der Waals surface area contributed by atoms with Crippen molar-refractivity contribution in [3.63, 3.8) is 0 Å². The lowest BCUT2D eigenvalue weighted by Gasteiger charge is -2.38. The van der Waals surface area contributed by atoms with Crippen LogP contribution in [0.1, 0.15) is 6.92 Å². The minimum absolute atomic E-state index is 0.451. The van der Waals surface area contributed by atoms with Crippen LogP contribution >= 0.6 is 0 Å². The number of nitrogens with zero attached hydrogens (tertiary/aromatic N) is 4. The van der Waals surface area contributed by atoms with E-state index in [1.807, 2.05) is 0 Å². The summed E-state index contributed by atoms with van der Waals surface area (Å²) in [5.41, 5.74) is 6.17. The summed E-state index contributed by atoms with van der Waals surface area (Å²) in [6.07, 6.45) is 3.32. The van der Waals surface area contributed by atoms with E-state index in [0.29, 0.717) is 11.7 Å². The minimum atomic E-state index is 0.451. The number of likely N-dealkylation sites (N-methyl/N-ethyl adjacent to an activating group) is 1. The van der Waals surface area contributed by atoms with Crippen LogP contribution in [0, 0.1) is 0 Å². The summed E-state index contributed by atoms with van der Waals surface area (Å²) in [6, 6.07) is 0.451. The molecule has 5 nitrogen and oxygen atoms in total. The second-order valence-electron chi connectivity index (χ2n) is 4.12. The van der Waals surface area contributed by atoms with E-state index in [-0.39, 0.29) is 0 Å². The summed E-state index contributed by atoms with van der Waals surface area (Å²) < 4.78 is 0. The fourth-order valence-corrected chi connectivity index (χ4v) is 1.92. The van der Waals surface area contributed by atoms with Crippen LogP contribution < -0.4 is 10.6 Å². The third-order valence-electron chi connectivity index (χ3n) is 2.75. The van der Waals surface area contributed by atoms with Gasteiger partial charge in [0, 0.05) is 25.7 Å². The Kier molecular flexibility index (Phi) is 2.73. The molecule has 1 saturated heterocycles. The predicted octanol–water partition coefficient (Wildman–Crippen LogP) is 0.199. The molecule has 15 heavy (non-hydrogen) atoms. The lowest BCUT2D eigenvalue weighted by atomic mass is 10.2. The molecule has 1 unspecified atom stereocenters. The molecule has 1 aliphatic rings. The molecule has 1 fully saturated rings. The predicted molar refractivity (Wildman–Crippen MR) is 60.7 cm³/mol. The topological polar surface area (TPSA) is 58.3 Å². The molecular formula is C10H17N5. The smallest absolute Gasteiger partial charge is 0.225 e. The van der Waals surface area contributed by atoms with Gasteiger partial charge >= 0.3 is 0 Å². The van der Waals surface area contributed by atoms with Gasteiger partial charge in [0.15, 0.2) is 0 Å². The summed E-state index contributed by atoms with van der Waals surface area (Å²) >= 11 is 0. The van der Waals surface area contributed by atoms with Gasteiger partial charge in [0.1, 0.15) is 0 Å². The van der Waals surface area contributed by atoms with E-state index in [0.717, 1.165) is 25.6 Å². The highest BCUT2D eigenvalue weighted by Crippen LogP contribution is 2.15. The lowest BCUT2D eigenvalue weighted by molar-refractivity contribution is 0.273. The van der Waals surface area contributed by atoms with E-state index in [9.17, 15) is 0 Å². The van der Waals surface area contributed by atoms with Crippen LogP contribution in [0.25, 0.3) is 0 Å². The first kappa shape index (κ1) is 10.2. The quantitative estimate of drug-likeness (QED) is 0.713. The van der Waals surface area contributed by atoms with Crippen LogP contribution in [0.4, 0.5) is 11.6 Å². The maximum absolute atomic E-state index is 5.56. The van der Waals surface area contributed by atoms with Crippen LogP contribution in [0.3, 0.4) is 0 Å². The first-order valence-corrected chi connectivity index (χ1v) is 5.19. The van der Waals surface area contributed by atoms with Crippen LogP contribution in [-0.2, 0) is 0 Å². The van der Waals surface area contributed by atoms with Gasteiger partial charge in [0.05, 0.1) is 18.1 Å². The van der Waals surface area contributed by atoms with Crippen molar-refractivity contribution in [2.24, 2.45) is 0 Å². The van der Waals surface area contributed by atoms with Crippen molar-refractivity contribution < 1.29 is 0 Å². The van der Waals surface area contributed by atoms with E-state index in [2.05, 4.69) is 33.7 Å². The standard InChI is InChI=1S/C10H17N5/c1-8-7-14(2)3-4-15(8)10-12-5-9(11)6-13-10/h5-6,8H,3-4,7,11H2,1-2H3. The Morgan fingerprint density at radius 2 is 2.00 bits per heavy atom. The molecule has 0 aromatic carbocycles. The molecule has 0 radical (unpaired) electrons. The van der Waals surface area contributed by atoms with E-state index < -0.39 is 0 Å². The zero-order chi connectivity index (χ0) is 10.8. The molecule has 1 aliphatic heterocycles. The molecule has 2 heterocycles. The van der Waals surface area contributed by atoms with Crippen molar-refractivity contribution in [3.05, 3.63) is 12.4 Å². The molecule has 82 valence electrons. The lowest BCUT2D eigenvalue weighted by Crippen LogP contribution is -2.51. The number of nitrogen functional groups attached to an aromatic ring is 1. The molecule has 1 atom stereocenters. The second kappa shape index (κ2) is 4.02. The summed E-state index contributed by atoms with van der Waals surface area (Å²) in [5, 5.41) is 0. The monoisotopic (exact) mass is 207 g/mol. The van der Waals surface area contributed by atoms with Gasteiger partial charge in [-0.3, -0.25) is 0 Å². The highest BCUT2D eigenvalue weighted by Gasteiger charge is 2.23. The number of rotatable bonds is 1. The second-order valence-corrected chi connectivity index (χ2v) is 4.12. The molecule has 1 aromatic heterocycles. The fourth-order valence-electron chi connectivity index (χ4n) is 1.92. The number of aromatic nitrogens is 2.